The van der Waals surface area contributed by atoms with Gasteiger partial charge in [-0.2, -0.15) is 0 Å². The van der Waals surface area contributed by atoms with Crippen LogP contribution in [0.25, 0.3) is 10.9 Å². The Bertz CT molecular complexity index is 767. The number of halogens is 1. The van der Waals surface area contributed by atoms with Crippen molar-refractivity contribution in [1.82, 2.24) is 15.6 Å². The molecule has 5 nitrogen and oxygen atoms in total. The first-order valence-corrected chi connectivity index (χ1v) is 10.2. The number of fused-ring (bicyclic) bond motifs is 1. The van der Waals surface area contributed by atoms with Crippen molar-refractivity contribution in [3.05, 3.63) is 35.5 Å². The van der Waals surface area contributed by atoms with E-state index in [0.29, 0.717) is 5.41 Å². The molecule has 6 heteroatoms. The normalized spacial score (nSPS) is 15.8. The zero-order chi connectivity index (χ0) is 19.1. The lowest BCUT2D eigenvalue weighted by Crippen LogP contribution is -2.41. The van der Waals surface area contributed by atoms with Crippen LogP contribution in [0.2, 0.25) is 0 Å². The first kappa shape index (κ1) is 23.0. The van der Waals surface area contributed by atoms with Crippen molar-refractivity contribution in [3.63, 3.8) is 0 Å². The van der Waals surface area contributed by atoms with Crippen LogP contribution in [0.5, 0.6) is 0 Å². The number of methoxy groups -OCH3 is 1. The predicted molar refractivity (Wildman–Crippen MR) is 129 cm³/mol. The number of guanidine groups is 1. The number of aromatic nitrogens is 1. The fourth-order valence-electron chi connectivity index (χ4n) is 3.89. The lowest BCUT2D eigenvalue weighted by molar-refractivity contribution is 0.0778. The van der Waals surface area contributed by atoms with Gasteiger partial charge in [-0.25, -0.2) is 0 Å². The quantitative estimate of drug-likeness (QED) is 0.273. The molecule has 1 aromatic heterocycles. The molecule has 0 bridgehead atoms. The van der Waals surface area contributed by atoms with E-state index >= 15 is 0 Å². The second kappa shape index (κ2) is 11.0. The highest BCUT2D eigenvalue weighted by molar-refractivity contribution is 14.0. The number of H-pyrrole nitrogens is 1. The number of aliphatic imine (C=N–C) groups is 1. The SMILES string of the molecule is CCNC(=NCC1(CCOC)CCC1)NCCc1c[nH]c2cc(C)ccc12.I. The Kier molecular flexibility index (Phi) is 9.08. The molecule has 1 aliphatic carbocycles. The van der Waals surface area contributed by atoms with Crippen molar-refractivity contribution in [3.8, 4) is 0 Å². The predicted octanol–water partition coefficient (Wildman–Crippen LogP) is 4.40. The van der Waals surface area contributed by atoms with E-state index in [4.69, 9.17) is 9.73 Å². The zero-order valence-electron chi connectivity index (χ0n) is 17.4. The van der Waals surface area contributed by atoms with Gasteiger partial charge in [0.15, 0.2) is 5.96 Å². The van der Waals surface area contributed by atoms with Gasteiger partial charge in [-0.15, -0.1) is 24.0 Å². The smallest absolute Gasteiger partial charge is 0.191 e. The van der Waals surface area contributed by atoms with Crippen LogP contribution in [0.15, 0.2) is 29.4 Å². The maximum atomic E-state index is 5.29. The minimum atomic E-state index is 0. The molecule has 1 heterocycles. The van der Waals surface area contributed by atoms with Crippen LogP contribution in [0.4, 0.5) is 0 Å². The summed E-state index contributed by atoms with van der Waals surface area (Å²) < 4.78 is 5.29. The molecule has 0 atom stereocenters. The maximum Gasteiger partial charge on any atom is 0.191 e. The fraction of sp³-hybridized carbons (Fsp3) is 0.591. The van der Waals surface area contributed by atoms with E-state index in [1.807, 2.05) is 0 Å². The molecular weight excluding hydrogens is 463 g/mol. The van der Waals surface area contributed by atoms with Gasteiger partial charge in [-0.05, 0) is 62.1 Å². The van der Waals surface area contributed by atoms with Gasteiger partial charge in [-0.1, -0.05) is 18.6 Å². The molecule has 3 rings (SSSR count). The molecule has 1 aliphatic rings. The van der Waals surface area contributed by atoms with Crippen molar-refractivity contribution < 1.29 is 4.74 Å². The molecule has 0 amide bonds. The van der Waals surface area contributed by atoms with E-state index < -0.39 is 0 Å². The van der Waals surface area contributed by atoms with Crippen LogP contribution < -0.4 is 10.6 Å². The summed E-state index contributed by atoms with van der Waals surface area (Å²) in [5, 5.41) is 8.21. The average Bonchev–Trinajstić information content (AvgIpc) is 3.02. The number of benzene rings is 1. The molecule has 156 valence electrons. The summed E-state index contributed by atoms with van der Waals surface area (Å²) in [4.78, 5) is 8.27. The largest absolute Gasteiger partial charge is 0.385 e. The van der Waals surface area contributed by atoms with Gasteiger partial charge >= 0.3 is 0 Å². The summed E-state index contributed by atoms with van der Waals surface area (Å²) in [6, 6.07) is 6.60. The highest BCUT2D eigenvalue weighted by Crippen LogP contribution is 2.44. The third kappa shape index (κ3) is 5.86. The zero-order valence-corrected chi connectivity index (χ0v) is 19.8. The van der Waals surface area contributed by atoms with E-state index in [1.165, 1.54) is 41.3 Å². The molecule has 1 saturated carbocycles. The molecule has 0 unspecified atom stereocenters. The summed E-state index contributed by atoms with van der Waals surface area (Å²) in [5.41, 5.74) is 4.21. The van der Waals surface area contributed by atoms with E-state index in [-0.39, 0.29) is 24.0 Å². The number of hydrogen-bond acceptors (Lipinski definition) is 2. The number of nitrogens with zero attached hydrogens (tertiary/aromatic N) is 1. The maximum absolute atomic E-state index is 5.29. The molecule has 1 fully saturated rings. The molecule has 28 heavy (non-hydrogen) atoms. The van der Waals surface area contributed by atoms with Crippen molar-refractivity contribution in [2.45, 2.75) is 46.0 Å². The number of hydrogen-bond donors (Lipinski definition) is 3. The van der Waals surface area contributed by atoms with Gasteiger partial charge in [0.1, 0.15) is 0 Å². The van der Waals surface area contributed by atoms with Crippen LogP contribution in [0, 0.1) is 12.3 Å². The van der Waals surface area contributed by atoms with Crippen LogP contribution >= 0.6 is 24.0 Å². The summed E-state index contributed by atoms with van der Waals surface area (Å²) in [7, 11) is 1.79. The summed E-state index contributed by atoms with van der Waals surface area (Å²) in [6.45, 7) is 7.71. The lowest BCUT2D eigenvalue weighted by Gasteiger charge is -2.40. The standard InChI is InChI=1S/C22H34N4O.HI/c1-4-23-21(26-16-22(9-5-10-22)11-13-27-3)24-12-8-18-15-25-20-14-17(2)6-7-19(18)20;/h6-7,14-15,25H,4-5,8-13,16H2,1-3H3,(H2,23,24,26);1H. The first-order valence-electron chi connectivity index (χ1n) is 10.2. The van der Waals surface area contributed by atoms with Crippen LogP contribution in [0.3, 0.4) is 0 Å². The molecule has 0 spiro atoms. The molecular formula is C22H35IN4O. The van der Waals surface area contributed by atoms with Crippen molar-refractivity contribution in [1.29, 1.82) is 0 Å². The van der Waals surface area contributed by atoms with Gasteiger partial charge < -0.3 is 20.4 Å². The molecule has 2 aromatic rings. The Hall–Kier alpha value is -1.28. The number of nitrogens with one attached hydrogen (secondary N) is 3. The van der Waals surface area contributed by atoms with Crippen molar-refractivity contribution in [2.75, 3.05) is 33.4 Å². The topological polar surface area (TPSA) is 61.4 Å². The fourth-order valence-corrected chi connectivity index (χ4v) is 3.89. The number of ether oxygens (including phenoxy) is 1. The average molecular weight is 498 g/mol. The van der Waals surface area contributed by atoms with Crippen molar-refractivity contribution in [2.24, 2.45) is 10.4 Å². The number of rotatable bonds is 9. The third-order valence-electron chi connectivity index (χ3n) is 5.78. The van der Waals surface area contributed by atoms with Gasteiger partial charge in [0.05, 0.1) is 0 Å². The molecule has 1 aromatic carbocycles. The third-order valence-corrected chi connectivity index (χ3v) is 5.78. The van der Waals surface area contributed by atoms with Crippen molar-refractivity contribution >= 4 is 40.8 Å². The van der Waals surface area contributed by atoms with Crippen LogP contribution in [-0.2, 0) is 11.2 Å². The second-order valence-electron chi connectivity index (χ2n) is 7.83. The Labute approximate surface area is 186 Å². The monoisotopic (exact) mass is 498 g/mol. The van der Waals surface area contributed by atoms with Crippen LogP contribution in [-0.4, -0.2) is 44.3 Å². The molecule has 0 aliphatic heterocycles. The number of aryl methyl sites for hydroxylation is 1. The van der Waals surface area contributed by atoms with E-state index in [2.05, 4.69) is 53.9 Å². The summed E-state index contributed by atoms with van der Waals surface area (Å²) in [6.07, 6.45) is 8.08. The lowest BCUT2D eigenvalue weighted by atomic mass is 9.67. The summed E-state index contributed by atoms with van der Waals surface area (Å²) in [5.74, 6) is 0.928. The van der Waals surface area contributed by atoms with Gasteiger partial charge in [-0.3, -0.25) is 4.99 Å². The molecule has 0 saturated heterocycles. The van der Waals surface area contributed by atoms with E-state index in [0.717, 1.165) is 45.0 Å². The highest BCUT2D eigenvalue weighted by Gasteiger charge is 2.36. The summed E-state index contributed by atoms with van der Waals surface area (Å²) >= 11 is 0. The Balaban J connectivity index is 0.00000280. The highest BCUT2D eigenvalue weighted by atomic mass is 127. The Morgan fingerprint density at radius 3 is 2.79 bits per heavy atom. The second-order valence-corrected chi connectivity index (χ2v) is 7.83. The minimum Gasteiger partial charge on any atom is -0.385 e. The van der Waals surface area contributed by atoms with E-state index in [9.17, 15) is 0 Å². The molecule has 3 N–H and O–H groups in total. The Morgan fingerprint density at radius 1 is 1.29 bits per heavy atom. The molecule has 0 radical (unpaired) electrons. The van der Waals surface area contributed by atoms with Crippen LogP contribution in [0.1, 0.15) is 43.7 Å². The van der Waals surface area contributed by atoms with Gasteiger partial charge in [0, 0.05) is 50.5 Å². The van der Waals surface area contributed by atoms with Gasteiger partial charge in [0.25, 0.3) is 0 Å². The number of aromatic amines is 1. The Morgan fingerprint density at radius 2 is 2.11 bits per heavy atom. The van der Waals surface area contributed by atoms with E-state index in [1.54, 1.807) is 7.11 Å². The first-order chi connectivity index (χ1) is 13.2. The minimum absolute atomic E-state index is 0. The van der Waals surface area contributed by atoms with Gasteiger partial charge in [0.2, 0.25) is 0 Å².